The molecule has 0 aromatic heterocycles. The maximum absolute atomic E-state index is 14.3. The quantitative estimate of drug-likeness (QED) is 0.585. The summed E-state index contributed by atoms with van der Waals surface area (Å²) in [5.41, 5.74) is 2.78. The van der Waals surface area contributed by atoms with Gasteiger partial charge in [-0.3, -0.25) is 4.79 Å². The number of esters is 1. The third kappa shape index (κ3) is 5.51. The molecule has 0 atom stereocenters. The lowest BCUT2D eigenvalue weighted by atomic mass is 10.0. The first-order chi connectivity index (χ1) is 13.9. The van der Waals surface area contributed by atoms with E-state index in [2.05, 4.69) is 5.32 Å². The van der Waals surface area contributed by atoms with E-state index in [0.29, 0.717) is 5.56 Å². The first kappa shape index (κ1) is 20.3. The van der Waals surface area contributed by atoms with Crippen LogP contribution < -0.4 is 5.32 Å². The molecule has 1 N–H and O–H groups in total. The second-order valence-corrected chi connectivity index (χ2v) is 6.96. The summed E-state index contributed by atoms with van der Waals surface area (Å²) in [6.45, 7) is 3.43. The maximum Gasteiger partial charge on any atom is 0.338 e. The Morgan fingerprint density at radius 3 is 2.14 bits per heavy atom. The van der Waals surface area contributed by atoms with Crippen LogP contribution >= 0.6 is 0 Å². The van der Waals surface area contributed by atoms with Gasteiger partial charge in [0.15, 0.2) is 0 Å². The Balaban J connectivity index is 1.66. The Labute approximate surface area is 169 Å². The normalized spacial score (nSPS) is 10.6. The van der Waals surface area contributed by atoms with Gasteiger partial charge in [0.1, 0.15) is 5.82 Å². The average molecular weight is 391 g/mol. The number of nitrogens with one attached hydrogen (secondary N) is 1. The van der Waals surface area contributed by atoms with Gasteiger partial charge in [0.2, 0.25) is 0 Å². The highest BCUT2D eigenvalue weighted by molar-refractivity contribution is 6.04. The zero-order valence-corrected chi connectivity index (χ0v) is 16.3. The molecule has 148 valence electrons. The molecule has 0 fully saturated rings. The SMILES string of the molecule is CC(C)OC(=O)c1ccc(NC(=O)c2ccc(Cc3ccccc3)cc2)c(F)c1. The minimum Gasteiger partial charge on any atom is -0.459 e. The summed E-state index contributed by atoms with van der Waals surface area (Å²) in [5, 5.41) is 2.54. The molecule has 4 nitrogen and oxygen atoms in total. The van der Waals surface area contributed by atoms with Crippen molar-refractivity contribution in [2.24, 2.45) is 0 Å². The van der Waals surface area contributed by atoms with Crippen LogP contribution in [0.1, 0.15) is 45.7 Å². The number of carbonyl (C=O) groups excluding carboxylic acids is 2. The molecule has 0 heterocycles. The molecular formula is C24H22FNO3. The molecule has 0 aliphatic heterocycles. The fourth-order valence-corrected chi connectivity index (χ4v) is 2.83. The number of ether oxygens (including phenoxy) is 1. The van der Waals surface area contributed by atoms with Gasteiger partial charge in [0.05, 0.1) is 17.4 Å². The van der Waals surface area contributed by atoms with E-state index in [1.807, 2.05) is 42.5 Å². The van der Waals surface area contributed by atoms with Gasteiger partial charge in [-0.25, -0.2) is 9.18 Å². The van der Waals surface area contributed by atoms with Crippen LogP contribution in [0.5, 0.6) is 0 Å². The predicted octanol–water partition coefficient (Wildman–Crippen LogP) is 5.23. The Bertz CT molecular complexity index is 998. The van der Waals surface area contributed by atoms with Crippen LogP contribution in [0.25, 0.3) is 0 Å². The summed E-state index contributed by atoms with van der Waals surface area (Å²) >= 11 is 0. The summed E-state index contributed by atoms with van der Waals surface area (Å²) in [6.07, 6.45) is 0.473. The van der Waals surface area contributed by atoms with Gasteiger partial charge in [-0.05, 0) is 61.7 Å². The van der Waals surface area contributed by atoms with Crippen molar-refractivity contribution >= 4 is 17.6 Å². The van der Waals surface area contributed by atoms with Gasteiger partial charge in [-0.1, -0.05) is 42.5 Å². The molecule has 0 spiro atoms. The second-order valence-electron chi connectivity index (χ2n) is 6.96. The number of anilines is 1. The zero-order valence-electron chi connectivity index (χ0n) is 16.3. The monoisotopic (exact) mass is 391 g/mol. The second kappa shape index (κ2) is 9.15. The summed E-state index contributed by atoms with van der Waals surface area (Å²) in [5.74, 6) is -1.73. The maximum atomic E-state index is 14.3. The first-order valence-electron chi connectivity index (χ1n) is 9.37. The highest BCUT2D eigenvalue weighted by atomic mass is 19.1. The largest absolute Gasteiger partial charge is 0.459 e. The first-order valence-corrected chi connectivity index (χ1v) is 9.37. The Hall–Kier alpha value is -3.47. The highest BCUT2D eigenvalue weighted by Crippen LogP contribution is 2.18. The van der Waals surface area contributed by atoms with Crippen LogP contribution in [-0.4, -0.2) is 18.0 Å². The molecule has 3 rings (SSSR count). The van der Waals surface area contributed by atoms with E-state index < -0.39 is 17.7 Å². The van der Waals surface area contributed by atoms with Crippen LogP contribution in [0.3, 0.4) is 0 Å². The van der Waals surface area contributed by atoms with E-state index in [0.717, 1.165) is 18.1 Å². The number of amides is 1. The molecule has 0 aliphatic rings. The number of benzene rings is 3. The number of halogens is 1. The van der Waals surface area contributed by atoms with Gasteiger partial charge in [0, 0.05) is 5.56 Å². The van der Waals surface area contributed by atoms with Crippen LogP contribution in [0, 0.1) is 5.82 Å². The molecule has 0 unspecified atom stereocenters. The van der Waals surface area contributed by atoms with Crippen LogP contribution in [-0.2, 0) is 11.2 Å². The summed E-state index contributed by atoms with van der Waals surface area (Å²) in [6, 6.07) is 21.0. The molecule has 3 aromatic rings. The van der Waals surface area contributed by atoms with Crippen molar-refractivity contribution in [1.29, 1.82) is 0 Å². The molecule has 3 aromatic carbocycles. The van der Waals surface area contributed by atoms with Gasteiger partial charge in [-0.15, -0.1) is 0 Å². The van der Waals surface area contributed by atoms with E-state index in [1.165, 1.54) is 17.7 Å². The topological polar surface area (TPSA) is 55.4 Å². The number of carbonyl (C=O) groups is 2. The Kier molecular flexibility index (Phi) is 6.39. The molecule has 5 heteroatoms. The lowest BCUT2D eigenvalue weighted by molar-refractivity contribution is 0.0377. The predicted molar refractivity (Wildman–Crippen MR) is 111 cm³/mol. The number of hydrogen-bond donors (Lipinski definition) is 1. The van der Waals surface area contributed by atoms with Crippen molar-refractivity contribution in [1.82, 2.24) is 0 Å². The van der Waals surface area contributed by atoms with Crippen LogP contribution in [0.2, 0.25) is 0 Å². The fourth-order valence-electron chi connectivity index (χ4n) is 2.83. The standard InChI is InChI=1S/C24H22FNO3/c1-16(2)29-24(28)20-12-13-22(21(25)15-20)26-23(27)19-10-8-18(9-11-19)14-17-6-4-3-5-7-17/h3-13,15-16H,14H2,1-2H3,(H,26,27). The molecular weight excluding hydrogens is 369 g/mol. The molecule has 29 heavy (non-hydrogen) atoms. The summed E-state index contributed by atoms with van der Waals surface area (Å²) < 4.78 is 19.4. The molecule has 0 bridgehead atoms. The average Bonchev–Trinajstić information content (AvgIpc) is 2.70. The van der Waals surface area contributed by atoms with Crippen molar-refractivity contribution < 1.29 is 18.7 Å². The van der Waals surface area contributed by atoms with Gasteiger partial charge in [0.25, 0.3) is 5.91 Å². The van der Waals surface area contributed by atoms with Gasteiger partial charge < -0.3 is 10.1 Å². The molecule has 0 saturated heterocycles. The molecule has 0 aliphatic carbocycles. The highest BCUT2D eigenvalue weighted by Gasteiger charge is 2.14. The third-order valence-electron chi connectivity index (χ3n) is 4.26. The Morgan fingerprint density at radius 2 is 1.52 bits per heavy atom. The van der Waals surface area contributed by atoms with E-state index in [-0.39, 0.29) is 17.4 Å². The number of rotatable bonds is 6. The van der Waals surface area contributed by atoms with Crippen LogP contribution in [0.4, 0.5) is 10.1 Å². The third-order valence-corrected chi connectivity index (χ3v) is 4.26. The van der Waals surface area contributed by atoms with E-state index in [9.17, 15) is 14.0 Å². The van der Waals surface area contributed by atoms with Crippen LogP contribution in [0.15, 0.2) is 72.8 Å². The van der Waals surface area contributed by atoms with Gasteiger partial charge >= 0.3 is 5.97 Å². The van der Waals surface area contributed by atoms with Crippen molar-refractivity contribution in [3.05, 3.63) is 101 Å². The van der Waals surface area contributed by atoms with E-state index in [4.69, 9.17) is 4.74 Å². The Morgan fingerprint density at radius 1 is 0.897 bits per heavy atom. The lowest BCUT2D eigenvalue weighted by Gasteiger charge is -2.10. The summed E-state index contributed by atoms with van der Waals surface area (Å²) in [4.78, 5) is 24.3. The minimum atomic E-state index is -0.697. The van der Waals surface area contributed by atoms with Crippen molar-refractivity contribution in [3.8, 4) is 0 Å². The lowest BCUT2D eigenvalue weighted by Crippen LogP contribution is -2.15. The number of hydrogen-bond acceptors (Lipinski definition) is 3. The zero-order chi connectivity index (χ0) is 20.8. The summed E-state index contributed by atoms with van der Waals surface area (Å²) in [7, 11) is 0. The van der Waals surface area contributed by atoms with E-state index >= 15 is 0 Å². The fraction of sp³-hybridized carbons (Fsp3) is 0.167. The van der Waals surface area contributed by atoms with Crippen molar-refractivity contribution in [3.63, 3.8) is 0 Å². The smallest absolute Gasteiger partial charge is 0.338 e. The van der Waals surface area contributed by atoms with Gasteiger partial charge in [-0.2, -0.15) is 0 Å². The minimum absolute atomic E-state index is 0.00413. The molecule has 0 radical (unpaired) electrons. The molecule has 1 amide bonds. The van der Waals surface area contributed by atoms with Crippen molar-refractivity contribution in [2.75, 3.05) is 5.32 Å². The van der Waals surface area contributed by atoms with Crippen molar-refractivity contribution in [2.45, 2.75) is 26.4 Å². The molecule has 0 saturated carbocycles. The van der Waals surface area contributed by atoms with E-state index in [1.54, 1.807) is 26.0 Å².